The largest absolute Gasteiger partial charge is 0.375 e. The topological polar surface area (TPSA) is 40.5 Å². The third kappa shape index (κ3) is 1.82. The maximum Gasteiger partial charge on any atom is 0.263 e. The van der Waals surface area contributed by atoms with E-state index in [1.807, 2.05) is 61.5 Å². The van der Waals surface area contributed by atoms with Crippen molar-refractivity contribution in [1.82, 2.24) is 0 Å². The van der Waals surface area contributed by atoms with Crippen LogP contribution in [0.25, 0.3) is 0 Å². The van der Waals surface area contributed by atoms with Crippen LogP contribution >= 0.6 is 0 Å². The Morgan fingerprint density at radius 2 is 1.70 bits per heavy atom. The van der Waals surface area contributed by atoms with Gasteiger partial charge in [0.2, 0.25) is 0 Å². The minimum atomic E-state index is -1.38. The first-order chi connectivity index (χ1) is 9.66. The normalized spacial score (nSPS) is 21.1. The van der Waals surface area contributed by atoms with Crippen molar-refractivity contribution in [2.75, 3.05) is 4.90 Å². The van der Waals surface area contributed by atoms with Gasteiger partial charge in [0.15, 0.2) is 5.60 Å². The molecule has 102 valence electrons. The average molecular weight is 267 g/mol. The molecule has 1 N–H and O–H groups in total. The summed E-state index contributed by atoms with van der Waals surface area (Å²) in [5.41, 5.74) is 1.19. The molecule has 0 aliphatic carbocycles. The average Bonchev–Trinajstić information content (AvgIpc) is 2.72. The lowest BCUT2D eigenvalue weighted by Crippen LogP contribution is -2.39. The molecule has 1 heterocycles. The molecule has 3 heteroatoms. The van der Waals surface area contributed by atoms with Gasteiger partial charge in [-0.1, -0.05) is 55.5 Å². The Morgan fingerprint density at radius 3 is 2.40 bits per heavy atom. The first-order valence-corrected chi connectivity index (χ1v) is 6.84. The molecular formula is C17H17NO2. The fourth-order valence-electron chi connectivity index (χ4n) is 2.77. The van der Waals surface area contributed by atoms with Crippen molar-refractivity contribution in [3.8, 4) is 0 Å². The monoisotopic (exact) mass is 267 g/mol. The number of carbonyl (C=O) groups is 1. The standard InChI is InChI=1S/C17H17NO2/c1-2-17(20)14-10-6-7-11-15(14)18(16(17)19)12-13-8-4-3-5-9-13/h3-11,20H,2,12H2,1H3/t17-/m1/s1. The summed E-state index contributed by atoms with van der Waals surface area (Å²) in [4.78, 5) is 14.3. The van der Waals surface area contributed by atoms with E-state index >= 15 is 0 Å². The number of amides is 1. The minimum Gasteiger partial charge on any atom is -0.375 e. The Labute approximate surface area is 118 Å². The van der Waals surface area contributed by atoms with E-state index in [9.17, 15) is 9.90 Å². The SMILES string of the molecule is CC[C@]1(O)C(=O)N(Cc2ccccc2)c2ccccc21. The van der Waals surface area contributed by atoms with Crippen LogP contribution in [0.1, 0.15) is 24.5 Å². The predicted molar refractivity (Wildman–Crippen MR) is 78.3 cm³/mol. The summed E-state index contributed by atoms with van der Waals surface area (Å²) in [6.07, 6.45) is 0.383. The third-order valence-corrected chi connectivity index (χ3v) is 3.93. The van der Waals surface area contributed by atoms with E-state index in [0.29, 0.717) is 18.5 Å². The van der Waals surface area contributed by atoms with E-state index in [1.54, 1.807) is 4.90 Å². The van der Waals surface area contributed by atoms with Gasteiger partial charge in [0.25, 0.3) is 5.91 Å². The number of rotatable bonds is 3. The molecule has 2 aromatic carbocycles. The zero-order chi connectivity index (χ0) is 14.2. The molecule has 1 amide bonds. The van der Waals surface area contributed by atoms with Crippen molar-refractivity contribution in [2.45, 2.75) is 25.5 Å². The quantitative estimate of drug-likeness (QED) is 0.929. The van der Waals surface area contributed by atoms with Gasteiger partial charge >= 0.3 is 0 Å². The summed E-state index contributed by atoms with van der Waals surface area (Å²) in [6.45, 7) is 2.32. The number of hydrogen-bond donors (Lipinski definition) is 1. The lowest BCUT2D eigenvalue weighted by atomic mass is 9.93. The Kier molecular flexibility index (Phi) is 3.07. The van der Waals surface area contributed by atoms with Crippen LogP contribution in [-0.4, -0.2) is 11.0 Å². The third-order valence-electron chi connectivity index (χ3n) is 3.93. The Balaban J connectivity index is 2.03. The lowest BCUT2D eigenvalue weighted by Gasteiger charge is -2.21. The van der Waals surface area contributed by atoms with Crippen LogP contribution in [0.3, 0.4) is 0 Å². The number of fused-ring (bicyclic) bond motifs is 1. The number of para-hydroxylation sites is 1. The van der Waals surface area contributed by atoms with Gasteiger partial charge < -0.3 is 10.0 Å². The van der Waals surface area contributed by atoms with Crippen molar-refractivity contribution in [1.29, 1.82) is 0 Å². The van der Waals surface area contributed by atoms with Crippen LogP contribution in [0, 0.1) is 0 Å². The van der Waals surface area contributed by atoms with Crippen LogP contribution in [0.5, 0.6) is 0 Å². The van der Waals surface area contributed by atoms with Crippen molar-refractivity contribution in [2.24, 2.45) is 0 Å². The summed E-state index contributed by atoms with van der Waals surface area (Å²) in [7, 11) is 0. The van der Waals surface area contributed by atoms with E-state index in [0.717, 1.165) is 11.3 Å². The predicted octanol–water partition coefficient (Wildman–Crippen LogP) is 2.83. The van der Waals surface area contributed by atoms with E-state index in [1.165, 1.54) is 0 Å². The van der Waals surface area contributed by atoms with Crippen molar-refractivity contribution in [3.63, 3.8) is 0 Å². The van der Waals surface area contributed by atoms with E-state index < -0.39 is 5.60 Å². The van der Waals surface area contributed by atoms with Gasteiger partial charge in [-0.05, 0) is 18.1 Å². The molecule has 0 spiro atoms. The van der Waals surface area contributed by atoms with Gasteiger partial charge in [0.05, 0.1) is 12.2 Å². The molecule has 1 aliphatic heterocycles. The molecule has 2 aromatic rings. The van der Waals surface area contributed by atoms with Gasteiger partial charge in [0, 0.05) is 5.56 Å². The first kappa shape index (κ1) is 12.9. The van der Waals surface area contributed by atoms with Crippen LogP contribution in [-0.2, 0) is 16.9 Å². The second-order valence-corrected chi connectivity index (χ2v) is 5.11. The molecule has 0 aromatic heterocycles. The molecule has 0 bridgehead atoms. The number of carbonyl (C=O) groups excluding carboxylic acids is 1. The second kappa shape index (κ2) is 4.76. The van der Waals surface area contributed by atoms with Gasteiger partial charge in [-0.2, -0.15) is 0 Å². The first-order valence-electron chi connectivity index (χ1n) is 6.84. The molecular weight excluding hydrogens is 250 g/mol. The zero-order valence-corrected chi connectivity index (χ0v) is 11.4. The summed E-state index contributed by atoms with van der Waals surface area (Å²) < 4.78 is 0. The number of aliphatic hydroxyl groups is 1. The maximum absolute atomic E-state index is 12.6. The summed E-state index contributed by atoms with van der Waals surface area (Å²) in [5, 5.41) is 10.7. The Hall–Kier alpha value is -2.13. The molecule has 0 radical (unpaired) electrons. The highest BCUT2D eigenvalue weighted by Crippen LogP contribution is 2.42. The molecule has 3 rings (SSSR count). The van der Waals surface area contributed by atoms with Gasteiger partial charge in [0.1, 0.15) is 0 Å². The fraction of sp³-hybridized carbons (Fsp3) is 0.235. The van der Waals surface area contributed by atoms with Crippen molar-refractivity contribution < 1.29 is 9.90 Å². The fourth-order valence-corrected chi connectivity index (χ4v) is 2.77. The summed E-state index contributed by atoms with van der Waals surface area (Å²) in [5.74, 6) is -0.231. The number of anilines is 1. The molecule has 1 aliphatic rings. The number of benzene rings is 2. The molecule has 0 saturated carbocycles. The van der Waals surface area contributed by atoms with Gasteiger partial charge in [-0.15, -0.1) is 0 Å². The van der Waals surface area contributed by atoms with Crippen molar-refractivity contribution in [3.05, 3.63) is 65.7 Å². The minimum absolute atomic E-state index is 0.231. The highest BCUT2D eigenvalue weighted by molar-refractivity contribution is 6.06. The van der Waals surface area contributed by atoms with E-state index in [2.05, 4.69) is 0 Å². The van der Waals surface area contributed by atoms with E-state index in [-0.39, 0.29) is 5.91 Å². The number of nitrogens with zero attached hydrogens (tertiary/aromatic N) is 1. The zero-order valence-electron chi connectivity index (χ0n) is 11.4. The smallest absolute Gasteiger partial charge is 0.263 e. The van der Waals surface area contributed by atoms with Gasteiger partial charge in [-0.25, -0.2) is 0 Å². The van der Waals surface area contributed by atoms with Crippen LogP contribution in [0.15, 0.2) is 54.6 Å². The Bertz CT molecular complexity index is 638. The molecule has 3 nitrogen and oxygen atoms in total. The highest BCUT2D eigenvalue weighted by atomic mass is 16.3. The molecule has 20 heavy (non-hydrogen) atoms. The van der Waals surface area contributed by atoms with Crippen LogP contribution in [0.2, 0.25) is 0 Å². The molecule has 1 atom stereocenters. The van der Waals surface area contributed by atoms with E-state index in [4.69, 9.17) is 0 Å². The molecule has 0 saturated heterocycles. The molecule has 0 unspecified atom stereocenters. The summed E-state index contributed by atoms with van der Waals surface area (Å²) in [6, 6.07) is 17.3. The number of hydrogen-bond acceptors (Lipinski definition) is 2. The van der Waals surface area contributed by atoms with Crippen LogP contribution in [0.4, 0.5) is 5.69 Å². The Morgan fingerprint density at radius 1 is 1.05 bits per heavy atom. The molecule has 0 fully saturated rings. The van der Waals surface area contributed by atoms with Crippen molar-refractivity contribution >= 4 is 11.6 Å². The summed E-state index contributed by atoms with van der Waals surface area (Å²) >= 11 is 0. The highest BCUT2D eigenvalue weighted by Gasteiger charge is 2.48. The second-order valence-electron chi connectivity index (χ2n) is 5.11. The van der Waals surface area contributed by atoms with Gasteiger partial charge in [-0.3, -0.25) is 4.79 Å². The lowest BCUT2D eigenvalue weighted by molar-refractivity contribution is -0.136. The maximum atomic E-state index is 12.6. The van der Waals surface area contributed by atoms with Crippen LogP contribution < -0.4 is 4.90 Å².